The SMILES string of the molecule is C[C@@H]1c2ccsc2CC[NH+]1CC(=O)Nc1ccccc1C(=O)Nc1ccccc1. The third kappa shape index (κ3) is 4.39. The molecule has 2 amide bonds. The summed E-state index contributed by atoms with van der Waals surface area (Å²) in [6, 6.07) is 18.9. The summed E-state index contributed by atoms with van der Waals surface area (Å²) < 4.78 is 0. The van der Waals surface area contributed by atoms with Crippen molar-refractivity contribution in [3.63, 3.8) is 0 Å². The van der Waals surface area contributed by atoms with Gasteiger partial charge in [0.1, 0.15) is 6.04 Å². The van der Waals surface area contributed by atoms with Crippen LogP contribution in [0.1, 0.15) is 33.8 Å². The molecule has 4 rings (SSSR count). The van der Waals surface area contributed by atoms with E-state index in [1.807, 2.05) is 36.4 Å². The molecule has 1 aromatic heterocycles. The first-order valence-electron chi connectivity index (χ1n) is 9.78. The first-order valence-corrected chi connectivity index (χ1v) is 10.7. The summed E-state index contributed by atoms with van der Waals surface area (Å²) in [5, 5.41) is 7.95. The first-order chi connectivity index (χ1) is 14.1. The van der Waals surface area contributed by atoms with Crippen LogP contribution in [0.5, 0.6) is 0 Å². The zero-order chi connectivity index (χ0) is 20.2. The first kappa shape index (κ1) is 19.4. The Morgan fingerprint density at radius 1 is 1.03 bits per heavy atom. The van der Waals surface area contributed by atoms with E-state index < -0.39 is 0 Å². The minimum absolute atomic E-state index is 0.0782. The smallest absolute Gasteiger partial charge is 0.279 e. The summed E-state index contributed by atoms with van der Waals surface area (Å²) in [6.07, 6.45) is 1.01. The summed E-state index contributed by atoms with van der Waals surface area (Å²) in [6.45, 7) is 3.50. The van der Waals surface area contributed by atoms with Gasteiger partial charge in [-0.2, -0.15) is 0 Å². The Labute approximate surface area is 174 Å². The molecule has 0 radical (unpaired) electrons. The summed E-state index contributed by atoms with van der Waals surface area (Å²) >= 11 is 1.80. The highest BCUT2D eigenvalue weighted by molar-refractivity contribution is 7.10. The maximum atomic E-state index is 12.7. The molecule has 0 saturated carbocycles. The third-order valence-electron chi connectivity index (χ3n) is 5.40. The Bertz CT molecular complexity index is 1020. The van der Waals surface area contributed by atoms with Crippen LogP contribution in [0.4, 0.5) is 11.4 Å². The van der Waals surface area contributed by atoms with Gasteiger partial charge in [0.15, 0.2) is 6.54 Å². The summed E-state index contributed by atoms with van der Waals surface area (Å²) in [4.78, 5) is 28.1. The summed E-state index contributed by atoms with van der Waals surface area (Å²) in [7, 11) is 0. The molecule has 0 fully saturated rings. The fraction of sp³-hybridized carbons (Fsp3) is 0.217. The molecule has 1 aliphatic heterocycles. The van der Waals surface area contributed by atoms with E-state index in [2.05, 4.69) is 29.0 Å². The van der Waals surface area contributed by atoms with Crippen molar-refractivity contribution in [2.24, 2.45) is 0 Å². The lowest BCUT2D eigenvalue weighted by molar-refractivity contribution is -0.923. The van der Waals surface area contributed by atoms with E-state index >= 15 is 0 Å². The quantitative estimate of drug-likeness (QED) is 0.610. The van der Waals surface area contributed by atoms with Gasteiger partial charge in [-0.1, -0.05) is 30.3 Å². The van der Waals surface area contributed by atoms with Crippen molar-refractivity contribution >= 4 is 34.5 Å². The minimum Gasteiger partial charge on any atom is -0.322 e. The predicted molar refractivity (Wildman–Crippen MR) is 117 cm³/mol. The molecule has 5 nitrogen and oxygen atoms in total. The van der Waals surface area contributed by atoms with E-state index in [1.165, 1.54) is 15.3 Å². The van der Waals surface area contributed by atoms with Crippen LogP contribution in [0, 0.1) is 0 Å². The Hall–Kier alpha value is -2.96. The number of carbonyl (C=O) groups is 2. The van der Waals surface area contributed by atoms with Gasteiger partial charge in [-0.15, -0.1) is 11.3 Å². The second-order valence-corrected chi connectivity index (χ2v) is 8.27. The van der Waals surface area contributed by atoms with E-state index in [-0.39, 0.29) is 11.8 Å². The number of rotatable bonds is 5. The summed E-state index contributed by atoms with van der Waals surface area (Å²) in [5.41, 5.74) is 3.06. The van der Waals surface area contributed by atoms with Gasteiger partial charge in [-0.25, -0.2) is 0 Å². The van der Waals surface area contributed by atoms with Crippen LogP contribution in [0.3, 0.4) is 0 Å². The molecule has 6 heteroatoms. The average Bonchev–Trinajstić information content (AvgIpc) is 3.21. The Kier molecular flexibility index (Phi) is 5.74. The van der Waals surface area contributed by atoms with E-state index in [0.717, 1.165) is 18.7 Å². The molecule has 3 N–H and O–H groups in total. The second-order valence-electron chi connectivity index (χ2n) is 7.27. The number of hydrogen-bond acceptors (Lipinski definition) is 3. The van der Waals surface area contributed by atoms with Crippen molar-refractivity contribution in [3.05, 3.63) is 82.0 Å². The molecule has 1 aliphatic rings. The van der Waals surface area contributed by atoms with Crippen molar-refractivity contribution < 1.29 is 14.5 Å². The number of fused-ring (bicyclic) bond motifs is 1. The number of thiophene rings is 1. The third-order valence-corrected chi connectivity index (χ3v) is 6.39. The van der Waals surface area contributed by atoms with Crippen molar-refractivity contribution in [2.45, 2.75) is 19.4 Å². The van der Waals surface area contributed by atoms with Crippen LogP contribution in [0.15, 0.2) is 66.0 Å². The molecule has 0 saturated heterocycles. The van der Waals surface area contributed by atoms with E-state index in [1.54, 1.807) is 29.5 Å². The number of para-hydroxylation sites is 2. The van der Waals surface area contributed by atoms with E-state index in [0.29, 0.717) is 23.8 Å². The van der Waals surface area contributed by atoms with Crippen LogP contribution >= 0.6 is 11.3 Å². The summed E-state index contributed by atoms with van der Waals surface area (Å²) in [5.74, 6) is -0.320. The highest BCUT2D eigenvalue weighted by Gasteiger charge is 2.29. The normalized spacial score (nSPS) is 18.0. The van der Waals surface area contributed by atoms with Gasteiger partial charge in [0.05, 0.1) is 17.8 Å². The highest BCUT2D eigenvalue weighted by atomic mass is 32.1. The van der Waals surface area contributed by atoms with Gasteiger partial charge in [0.25, 0.3) is 11.8 Å². The van der Waals surface area contributed by atoms with Crippen LogP contribution < -0.4 is 15.5 Å². The molecule has 0 spiro atoms. The number of benzene rings is 2. The van der Waals surface area contributed by atoms with Crippen molar-refractivity contribution in [3.8, 4) is 0 Å². The van der Waals surface area contributed by atoms with Crippen molar-refractivity contribution in [1.29, 1.82) is 0 Å². The molecule has 3 aromatic rings. The number of amides is 2. The van der Waals surface area contributed by atoms with Gasteiger partial charge < -0.3 is 15.5 Å². The lowest BCUT2D eigenvalue weighted by atomic mass is 10.0. The number of carbonyl (C=O) groups excluding carboxylic acids is 2. The predicted octanol–water partition coefficient (Wildman–Crippen LogP) is 3.14. The maximum Gasteiger partial charge on any atom is 0.279 e. The molecule has 2 heterocycles. The van der Waals surface area contributed by atoms with Gasteiger partial charge in [0.2, 0.25) is 0 Å². The van der Waals surface area contributed by atoms with Crippen LogP contribution in [-0.4, -0.2) is 24.9 Å². The second kappa shape index (κ2) is 8.59. The maximum absolute atomic E-state index is 12.7. The van der Waals surface area contributed by atoms with Gasteiger partial charge >= 0.3 is 0 Å². The number of hydrogen-bond donors (Lipinski definition) is 3. The molecule has 2 aromatic carbocycles. The monoisotopic (exact) mass is 406 g/mol. The Morgan fingerprint density at radius 3 is 2.62 bits per heavy atom. The molecular formula is C23H24N3O2S+. The molecular weight excluding hydrogens is 382 g/mol. The topological polar surface area (TPSA) is 62.6 Å². The van der Waals surface area contributed by atoms with Crippen LogP contribution in [0.2, 0.25) is 0 Å². The largest absolute Gasteiger partial charge is 0.322 e. The Balaban J connectivity index is 1.43. The fourth-order valence-electron chi connectivity index (χ4n) is 3.80. The molecule has 2 atom stereocenters. The standard InChI is InChI=1S/C23H23N3O2S/c1-16-18-12-14-29-21(18)11-13-26(16)15-22(27)25-20-10-6-5-9-19(20)23(28)24-17-7-3-2-4-8-17/h2-10,12,14,16H,11,13,15H2,1H3,(H,24,28)(H,25,27)/p+1/t16-/m1/s1. The average molecular weight is 407 g/mol. The molecule has 29 heavy (non-hydrogen) atoms. The molecule has 1 unspecified atom stereocenters. The van der Waals surface area contributed by atoms with Crippen LogP contribution in [-0.2, 0) is 11.2 Å². The van der Waals surface area contributed by atoms with E-state index in [9.17, 15) is 9.59 Å². The van der Waals surface area contributed by atoms with Gasteiger partial charge in [0, 0.05) is 22.5 Å². The Morgan fingerprint density at radius 2 is 1.79 bits per heavy atom. The number of anilines is 2. The van der Waals surface area contributed by atoms with E-state index in [4.69, 9.17) is 0 Å². The zero-order valence-corrected chi connectivity index (χ0v) is 17.1. The fourth-order valence-corrected chi connectivity index (χ4v) is 4.78. The number of nitrogens with one attached hydrogen (secondary N) is 3. The lowest BCUT2D eigenvalue weighted by Gasteiger charge is -2.30. The number of quaternary nitrogens is 1. The molecule has 0 bridgehead atoms. The van der Waals surface area contributed by atoms with Crippen LogP contribution in [0.25, 0.3) is 0 Å². The lowest BCUT2D eigenvalue weighted by Crippen LogP contribution is -3.14. The highest BCUT2D eigenvalue weighted by Crippen LogP contribution is 2.24. The zero-order valence-electron chi connectivity index (χ0n) is 16.3. The van der Waals surface area contributed by atoms with Crippen molar-refractivity contribution in [1.82, 2.24) is 0 Å². The van der Waals surface area contributed by atoms with Gasteiger partial charge in [-0.3, -0.25) is 9.59 Å². The minimum atomic E-state index is -0.242. The molecule has 0 aliphatic carbocycles. The molecule has 148 valence electrons. The van der Waals surface area contributed by atoms with Crippen molar-refractivity contribution in [2.75, 3.05) is 23.7 Å². The van der Waals surface area contributed by atoms with Gasteiger partial charge in [-0.05, 0) is 42.6 Å².